The quantitative estimate of drug-likeness (QED) is 0.534. The molecular weight excluding hydrogens is 374 g/mol. The van der Waals surface area contributed by atoms with Crippen molar-refractivity contribution in [3.63, 3.8) is 0 Å². The molecule has 0 aliphatic carbocycles. The maximum absolute atomic E-state index is 12.7. The van der Waals surface area contributed by atoms with Crippen molar-refractivity contribution in [3.05, 3.63) is 46.2 Å². The Kier molecular flexibility index (Phi) is 5.53. The Morgan fingerprint density at radius 3 is 2.52 bits per heavy atom. The van der Waals surface area contributed by atoms with E-state index in [9.17, 15) is 18.5 Å². The molecule has 2 heterocycles. The van der Waals surface area contributed by atoms with Gasteiger partial charge < -0.3 is 4.42 Å². The van der Waals surface area contributed by atoms with E-state index in [2.05, 4.69) is 10.2 Å². The van der Waals surface area contributed by atoms with Crippen molar-refractivity contribution in [2.24, 2.45) is 0 Å². The molecule has 0 radical (unpaired) electrons. The molecule has 1 aliphatic rings. The van der Waals surface area contributed by atoms with Gasteiger partial charge in [-0.25, -0.2) is 8.42 Å². The first-order valence-electron chi connectivity index (χ1n) is 8.56. The fraction of sp³-hybridized carbons (Fsp3) is 0.500. The number of hydrogen-bond donors (Lipinski definition) is 0. The molecule has 10 nitrogen and oxygen atoms in total. The molecule has 146 valence electrons. The third kappa shape index (κ3) is 4.31. The van der Waals surface area contributed by atoms with Crippen LogP contribution in [0.4, 0.5) is 5.69 Å². The van der Waals surface area contributed by atoms with Gasteiger partial charge in [-0.2, -0.15) is 4.31 Å². The van der Waals surface area contributed by atoms with E-state index in [1.165, 1.54) is 22.5 Å². The van der Waals surface area contributed by atoms with E-state index in [1.807, 2.05) is 18.7 Å². The Morgan fingerprint density at radius 2 is 1.93 bits per heavy atom. The number of nitro benzene ring substituents is 1. The lowest BCUT2D eigenvalue weighted by Gasteiger charge is -2.33. The zero-order valence-corrected chi connectivity index (χ0v) is 15.9. The summed E-state index contributed by atoms with van der Waals surface area (Å²) < 4.78 is 32.4. The van der Waals surface area contributed by atoms with E-state index in [4.69, 9.17) is 4.42 Å². The van der Waals surface area contributed by atoms with Gasteiger partial charge in [-0.1, -0.05) is 19.9 Å². The minimum absolute atomic E-state index is 0.0661. The number of rotatable bonds is 6. The van der Waals surface area contributed by atoms with Gasteiger partial charge in [0, 0.05) is 44.2 Å². The topological polar surface area (TPSA) is 123 Å². The third-order valence-corrected chi connectivity index (χ3v) is 6.23. The van der Waals surface area contributed by atoms with Crippen LogP contribution in [0.1, 0.15) is 31.5 Å². The summed E-state index contributed by atoms with van der Waals surface area (Å²) in [6.07, 6.45) is 0. The highest BCUT2D eigenvalue weighted by atomic mass is 32.2. The fourth-order valence-electron chi connectivity index (χ4n) is 2.79. The number of nitro groups is 1. The summed E-state index contributed by atoms with van der Waals surface area (Å²) in [5.74, 6) is 1.24. The molecule has 0 N–H and O–H groups in total. The fourth-order valence-corrected chi connectivity index (χ4v) is 4.25. The summed E-state index contributed by atoms with van der Waals surface area (Å²) in [4.78, 5) is 12.3. The number of nitrogens with zero attached hydrogens (tertiary/aromatic N) is 5. The van der Waals surface area contributed by atoms with Crippen LogP contribution in [-0.2, 0) is 16.6 Å². The highest BCUT2D eigenvalue weighted by molar-refractivity contribution is 7.89. The summed E-state index contributed by atoms with van der Waals surface area (Å²) in [5, 5.41) is 18.9. The van der Waals surface area contributed by atoms with E-state index < -0.39 is 14.9 Å². The van der Waals surface area contributed by atoms with Crippen molar-refractivity contribution in [2.75, 3.05) is 26.2 Å². The maximum Gasteiger partial charge on any atom is 0.270 e. The first kappa shape index (κ1) is 19.4. The van der Waals surface area contributed by atoms with Crippen LogP contribution < -0.4 is 0 Å². The second-order valence-corrected chi connectivity index (χ2v) is 8.56. The average Bonchev–Trinajstić information content (AvgIpc) is 3.11. The third-order valence-electron chi connectivity index (χ3n) is 4.33. The summed E-state index contributed by atoms with van der Waals surface area (Å²) in [7, 11) is -3.77. The molecule has 1 aliphatic heterocycles. The molecule has 0 unspecified atom stereocenters. The molecule has 3 rings (SSSR count). The smallest absolute Gasteiger partial charge is 0.270 e. The predicted molar refractivity (Wildman–Crippen MR) is 95.5 cm³/mol. The van der Waals surface area contributed by atoms with Crippen molar-refractivity contribution in [1.82, 2.24) is 19.4 Å². The average molecular weight is 395 g/mol. The van der Waals surface area contributed by atoms with Crippen LogP contribution in [0.25, 0.3) is 0 Å². The Balaban J connectivity index is 1.64. The van der Waals surface area contributed by atoms with Crippen LogP contribution in [0.5, 0.6) is 0 Å². The van der Waals surface area contributed by atoms with Crippen LogP contribution in [0.3, 0.4) is 0 Å². The predicted octanol–water partition coefficient (Wildman–Crippen LogP) is 1.61. The summed E-state index contributed by atoms with van der Waals surface area (Å²) in [5.41, 5.74) is -0.243. The molecular formula is C16H21N5O5S. The van der Waals surface area contributed by atoms with Crippen LogP contribution in [0, 0.1) is 10.1 Å². The molecule has 0 spiro atoms. The van der Waals surface area contributed by atoms with Gasteiger partial charge in [-0.3, -0.25) is 15.0 Å². The molecule has 1 aromatic heterocycles. The molecule has 11 heteroatoms. The second kappa shape index (κ2) is 7.71. The number of aromatic nitrogens is 2. The number of non-ortho nitro benzene ring substituents is 1. The minimum atomic E-state index is -3.77. The molecule has 1 fully saturated rings. The number of hydrogen-bond acceptors (Lipinski definition) is 8. The molecule has 0 saturated carbocycles. The van der Waals surface area contributed by atoms with Crippen molar-refractivity contribution in [3.8, 4) is 0 Å². The van der Waals surface area contributed by atoms with Gasteiger partial charge in [0.1, 0.15) is 0 Å². The van der Waals surface area contributed by atoms with E-state index in [0.717, 1.165) is 6.07 Å². The first-order valence-corrected chi connectivity index (χ1v) is 10.0. The summed E-state index contributed by atoms with van der Waals surface area (Å²) in [6.45, 7) is 5.99. The Hall–Kier alpha value is -2.37. The zero-order chi connectivity index (χ0) is 19.6. The van der Waals surface area contributed by atoms with E-state index >= 15 is 0 Å². The van der Waals surface area contributed by atoms with Gasteiger partial charge >= 0.3 is 0 Å². The first-order chi connectivity index (χ1) is 12.8. The van der Waals surface area contributed by atoms with Crippen LogP contribution in [0.2, 0.25) is 0 Å². The molecule has 2 aromatic rings. The Bertz CT molecular complexity index is 919. The summed E-state index contributed by atoms with van der Waals surface area (Å²) >= 11 is 0. The molecule has 1 aromatic carbocycles. The monoisotopic (exact) mass is 395 g/mol. The highest BCUT2D eigenvalue weighted by Gasteiger charge is 2.30. The van der Waals surface area contributed by atoms with Gasteiger partial charge in [-0.15, -0.1) is 10.2 Å². The number of benzene rings is 1. The number of piperazine rings is 1. The van der Waals surface area contributed by atoms with E-state index in [-0.39, 0.29) is 29.6 Å². The van der Waals surface area contributed by atoms with Crippen LogP contribution in [-0.4, -0.2) is 58.9 Å². The molecule has 1 saturated heterocycles. The van der Waals surface area contributed by atoms with E-state index in [0.29, 0.717) is 31.4 Å². The second-order valence-electron chi connectivity index (χ2n) is 6.62. The van der Waals surface area contributed by atoms with Gasteiger partial charge in [-0.05, 0) is 6.07 Å². The normalized spacial score (nSPS) is 16.7. The lowest BCUT2D eigenvalue weighted by atomic mass is 10.2. The van der Waals surface area contributed by atoms with Crippen molar-refractivity contribution in [2.45, 2.75) is 31.2 Å². The largest absolute Gasteiger partial charge is 0.424 e. The number of sulfonamides is 1. The highest BCUT2D eigenvalue weighted by Crippen LogP contribution is 2.22. The standard InChI is InChI=1S/C16H21N5O5S/c1-12(2)16-18-17-15(26-16)11-19-6-8-20(9-7-19)27(24,25)14-5-3-4-13(10-14)21(22)23/h3-5,10,12H,6-9,11H2,1-2H3. The minimum Gasteiger partial charge on any atom is -0.424 e. The molecule has 0 bridgehead atoms. The van der Waals surface area contributed by atoms with Gasteiger partial charge in [0.15, 0.2) is 0 Å². The SMILES string of the molecule is CC(C)c1nnc(CN2CCN(S(=O)(=O)c3cccc([N+](=O)[O-])c3)CC2)o1. The Labute approximate surface area is 157 Å². The van der Waals surface area contributed by atoms with E-state index in [1.54, 1.807) is 0 Å². The van der Waals surface area contributed by atoms with Crippen molar-refractivity contribution < 1.29 is 17.8 Å². The molecule has 27 heavy (non-hydrogen) atoms. The van der Waals surface area contributed by atoms with Crippen LogP contribution in [0.15, 0.2) is 33.6 Å². The Morgan fingerprint density at radius 1 is 1.22 bits per heavy atom. The van der Waals surface area contributed by atoms with Crippen LogP contribution >= 0.6 is 0 Å². The summed E-state index contributed by atoms with van der Waals surface area (Å²) in [6, 6.07) is 5.12. The lowest BCUT2D eigenvalue weighted by molar-refractivity contribution is -0.385. The molecule has 0 atom stereocenters. The van der Waals surface area contributed by atoms with Crippen molar-refractivity contribution in [1.29, 1.82) is 0 Å². The lowest BCUT2D eigenvalue weighted by Crippen LogP contribution is -2.48. The maximum atomic E-state index is 12.7. The zero-order valence-electron chi connectivity index (χ0n) is 15.1. The van der Waals surface area contributed by atoms with Gasteiger partial charge in [0.25, 0.3) is 5.69 Å². The van der Waals surface area contributed by atoms with Crippen molar-refractivity contribution >= 4 is 15.7 Å². The van der Waals surface area contributed by atoms with Gasteiger partial charge in [0.05, 0.1) is 16.4 Å². The van der Waals surface area contributed by atoms with Gasteiger partial charge in [0.2, 0.25) is 21.8 Å². The molecule has 0 amide bonds.